The van der Waals surface area contributed by atoms with Crippen LogP contribution in [0.4, 0.5) is 0 Å². The molecule has 3 aliphatic rings. The van der Waals surface area contributed by atoms with E-state index in [1.807, 2.05) is 0 Å². The van der Waals surface area contributed by atoms with Crippen molar-refractivity contribution in [1.82, 2.24) is 0 Å². The summed E-state index contributed by atoms with van der Waals surface area (Å²) in [7, 11) is 0. The van der Waals surface area contributed by atoms with Gasteiger partial charge in [-0.15, -0.1) is 0 Å². The van der Waals surface area contributed by atoms with E-state index in [-0.39, 0.29) is 29.2 Å². The summed E-state index contributed by atoms with van der Waals surface area (Å²) in [6.07, 6.45) is -16.1. The van der Waals surface area contributed by atoms with Gasteiger partial charge in [0.15, 0.2) is 23.6 Å². The SMILES string of the molecule is C[C@@H]1O[C@@H](OC[C@H]2O[C@H](Oc3cc(O)c4c(c3)O[C@@H](c3ccc(O)c(O)c3)CC4=O)[C@H](O)[C@H](O)[C@@H]2O)[C@H](O)[C@H](O)[C@H]1O. The summed E-state index contributed by atoms with van der Waals surface area (Å²) in [4.78, 5) is 12.8. The summed E-state index contributed by atoms with van der Waals surface area (Å²) in [5.74, 6) is -1.96. The van der Waals surface area contributed by atoms with Crippen LogP contribution in [0.1, 0.15) is 35.4 Å². The quantitative estimate of drug-likeness (QED) is 0.173. The average Bonchev–Trinajstić information content (AvgIpc) is 2.95. The van der Waals surface area contributed by atoms with E-state index in [9.17, 15) is 50.8 Å². The van der Waals surface area contributed by atoms with Gasteiger partial charge in [-0.3, -0.25) is 4.79 Å². The molecular formula is C27H32O15. The van der Waals surface area contributed by atoms with E-state index in [1.54, 1.807) is 0 Å². The first kappa shape index (κ1) is 30.2. The largest absolute Gasteiger partial charge is 0.507 e. The minimum atomic E-state index is -1.78. The van der Waals surface area contributed by atoms with Crippen molar-refractivity contribution in [3.63, 3.8) is 0 Å². The van der Waals surface area contributed by atoms with Crippen molar-refractivity contribution in [2.24, 2.45) is 0 Å². The normalized spacial score (nSPS) is 36.6. The van der Waals surface area contributed by atoms with Crippen LogP contribution in [-0.2, 0) is 14.2 Å². The molecule has 42 heavy (non-hydrogen) atoms. The Balaban J connectivity index is 1.30. The molecule has 11 atom stereocenters. The van der Waals surface area contributed by atoms with E-state index >= 15 is 0 Å². The number of benzene rings is 2. The van der Waals surface area contributed by atoms with Gasteiger partial charge >= 0.3 is 0 Å². The van der Waals surface area contributed by atoms with Crippen LogP contribution >= 0.6 is 0 Å². The van der Waals surface area contributed by atoms with Crippen LogP contribution in [0.25, 0.3) is 0 Å². The number of ketones is 1. The van der Waals surface area contributed by atoms with Gasteiger partial charge < -0.3 is 69.6 Å². The van der Waals surface area contributed by atoms with Crippen molar-refractivity contribution in [1.29, 1.82) is 0 Å². The van der Waals surface area contributed by atoms with E-state index in [2.05, 4.69) is 0 Å². The topological polar surface area (TPSA) is 245 Å². The number of Topliss-reactive ketones (excluding diaryl/α,β-unsaturated/α-hetero) is 1. The molecule has 0 aromatic heterocycles. The Morgan fingerprint density at radius 1 is 0.786 bits per heavy atom. The van der Waals surface area contributed by atoms with Gasteiger partial charge in [0.25, 0.3) is 0 Å². The van der Waals surface area contributed by atoms with E-state index in [4.69, 9.17) is 23.7 Å². The zero-order valence-electron chi connectivity index (χ0n) is 22.1. The molecule has 0 aliphatic carbocycles. The molecule has 0 radical (unpaired) electrons. The molecule has 0 unspecified atom stereocenters. The summed E-state index contributed by atoms with van der Waals surface area (Å²) in [5, 5.41) is 91.3. The van der Waals surface area contributed by atoms with Crippen LogP contribution in [-0.4, -0.2) is 120 Å². The van der Waals surface area contributed by atoms with Crippen molar-refractivity contribution in [3.05, 3.63) is 41.5 Å². The van der Waals surface area contributed by atoms with Gasteiger partial charge in [0.2, 0.25) is 6.29 Å². The smallest absolute Gasteiger partial charge is 0.229 e. The molecule has 2 fully saturated rings. The van der Waals surface area contributed by atoms with Crippen LogP contribution < -0.4 is 9.47 Å². The van der Waals surface area contributed by atoms with Crippen LogP contribution in [0.5, 0.6) is 28.7 Å². The lowest BCUT2D eigenvalue weighted by atomic mass is 9.95. The fourth-order valence-electron chi connectivity index (χ4n) is 5.04. The third-order valence-corrected chi connectivity index (χ3v) is 7.50. The highest BCUT2D eigenvalue weighted by atomic mass is 16.7. The number of phenolic OH excluding ortho intramolecular Hbond substituents is 3. The number of carbonyl (C=O) groups is 1. The first-order chi connectivity index (χ1) is 19.8. The second kappa shape index (κ2) is 11.8. The predicted molar refractivity (Wildman–Crippen MR) is 136 cm³/mol. The van der Waals surface area contributed by atoms with Gasteiger partial charge in [-0.2, -0.15) is 0 Å². The second-order valence-electron chi connectivity index (χ2n) is 10.4. The summed E-state index contributed by atoms with van der Waals surface area (Å²) in [6, 6.07) is 6.26. The summed E-state index contributed by atoms with van der Waals surface area (Å²) in [6.45, 7) is 0.949. The Morgan fingerprint density at radius 2 is 1.48 bits per heavy atom. The van der Waals surface area contributed by atoms with Gasteiger partial charge in [0.1, 0.15) is 71.6 Å². The minimum absolute atomic E-state index is 0.0807. The molecular weight excluding hydrogens is 564 g/mol. The Labute approximate surface area is 238 Å². The van der Waals surface area contributed by atoms with Gasteiger partial charge in [-0.05, 0) is 24.6 Å². The zero-order chi connectivity index (χ0) is 30.5. The second-order valence-corrected chi connectivity index (χ2v) is 10.4. The zero-order valence-corrected chi connectivity index (χ0v) is 22.1. The van der Waals surface area contributed by atoms with E-state index in [1.165, 1.54) is 31.2 Å². The maximum absolute atomic E-state index is 12.8. The number of phenols is 3. The fourth-order valence-corrected chi connectivity index (χ4v) is 5.04. The van der Waals surface area contributed by atoms with Crippen LogP contribution in [0.2, 0.25) is 0 Å². The van der Waals surface area contributed by atoms with Crippen LogP contribution in [0, 0.1) is 0 Å². The first-order valence-corrected chi connectivity index (χ1v) is 13.1. The molecule has 0 amide bonds. The number of carbonyl (C=O) groups excluding carboxylic acids is 1. The molecule has 2 saturated heterocycles. The van der Waals surface area contributed by atoms with Crippen molar-refractivity contribution in [2.75, 3.05) is 6.61 Å². The van der Waals surface area contributed by atoms with Gasteiger partial charge in [0, 0.05) is 12.1 Å². The lowest BCUT2D eigenvalue weighted by Gasteiger charge is -2.42. The number of aliphatic hydroxyl groups is 6. The van der Waals surface area contributed by atoms with Crippen molar-refractivity contribution < 1.29 is 74.4 Å². The van der Waals surface area contributed by atoms with Crippen molar-refractivity contribution in [3.8, 4) is 28.7 Å². The molecule has 9 N–H and O–H groups in total. The van der Waals surface area contributed by atoms with E-state index < -0.39 is 91.4 Å². The fraction of sp³-hybridized carbons (Fsp3) is 0.519. The molecule has 2 aromatic carbocycles. The number of fused-ring (bicyclic) bond motifs is 1. The molecule has 0 spiro atoms. The number of hydrogen-bond donors (Lipinski definition) is 9. The van der Waals surface area contributed by atoms with E-state index in [0.717, 1.165) is 6.07 Å². The predicted octanol–water partition coefficient (Wildman–Crippen LogP) is -1.46. The highest BCUT2D eigenvalue weighted by molar-refractivity contribution is 6.02. The number of aliphatic hydroxyl groups excluding tert-OH is 6. The Kier molecular flexibility index (Phi) is 8.48. The van der Waals surface area contributed by atoms with Gasteiger partial charge in [0.05, 0.1) is 19.1 Å². The maximum atomic E-state index is 12.8. The highest BCUT2D eigenvalue weighted by Crippen LogP contribution is 2.43. The number of hydrogen-bond acceptors (Lipinski definition) is 15. The Hall–Kier alpha value is -3.25. The Bertz CT molecular complexity index is 1300. The minimum Gasteiger partial charge on any atom is -0.507 e. The molecule has 15 nitrogen and oxygen atoms in total. The molecule has 3 aliphatic heterocycles. The monoisotopic (exact) mass is 596 g/mol. The standard InChI is InChI=1S/C27H32O15/c1-9-20(32)22(34)24(36)26(39-9)38-8-18-21(33)23(35)25(37)27(42-18)40-11-5-14(30)19-15(31)7-16(41-17(19)6-11)10-2-3-12(28)13(29)4-10/h2-6,9,16,18,20-30,32-37H,7-8H2,1H3/t9-,16+,18+,20-,21+,22+,23+,24+,25+,26+,27-/m0/s1. The lowest BCUT2D eigenvalue weighted by Crippen LogP contribution is -2.61. The number of ether oxygens (including phenoxy) is 5. The molecule has 2 aromatic rings. The van der Waals surface area contributed by atoms with Crippen LogP contribution in [0.3, 0.4) is 0 Å². The lowest BCUT2D eigenvalue weighted by molar-refractivity contribution is -0.318. The summed E-state index contributed by atoms with van der Waals surface area (Å²) < 4.78 is 27.9. The van der Waals surface area contributed by atoms with Crippen LogP contribution in [0.15, 0.2) is 30.3 Å². The first-order valence-electron chi connectivity index (χ1n) is 13.1. The molecule has 15 heteroatoms. The number of aromatic hydroxyl groups is 3. The van der Waals surface area contributed by atoms with E-state index in [0.29, 0.717) is 5.56 Å². The highest BCUT2D eigenvalue weighted by Gasteiger charge is 2.47. The summed E-state index contributed by atoms with van der Waals surface area (Å²) >= 11 is 0. The molecule has 5 rings (SSSR count). The summed E-state index contributed by atoms with van der Waals surface area (Å²) in [5.41, 5.74) is 0.255. The third kappa shape index (κ3) is 5.70. The third-order valence-electron chi connectivity index (χ3n) is 7.50. The maximum Gasteiger partial charge on any atom is 0.229 e. The van der Waals surface area contributed by atoms with Gasteiger partial charge in [-0.25, -0.2) is 0 Å². The molecule has 230 valence electrons. The average molecular weight is 597 g/mol. The van der Waals surface area contributed by atoms with Crippen molar-refractivity contribution >= 4 is 5.78 Å². The molecule has 3 heterocycles. The molecule has 0 bridgehead atoms. The van der Waals surface area contributed by atoms with Gasteiger partial charge in [-0.1, -0.05) is 6.07 Å². The van der Waals surface area contributed by atoms with Crippen molar-refractivity contribution in [2.45, 2.75) is 80.9 Å². The molecule has 0 saturated carbocycles. The number of rotatable bonds is 6. The Morgan fingerprint density at radius 3 is 2.19 bits per heavy atom.